The Morgan fingerprint density at radius 3 is 2.39 bits per heavy atom. The molecule has 0 radical (unpaired) electrons. The first-order valence-corrected chi connectivity index (χ1v) is 12.0. The van der Waals surface area contributed by atoms with Gasteiger partial charge >= 0.3 is 140 Å². The zero-order chi connectivity index (χ0) is 16.7. The molecule has 0 spiro atoms. The molecule has 0 bridgehead atoms. The first-order valence-electron chi connectivity index (χ1n) is 8.46. The van der Waals surface area contributed by atoms with Crippen molar-refractivity contribution in [2.45, 2.75) is 25.3 Å². The van der Waals surface area contributed by atoms with Gasteiger partial charge in [0.05, 0.1) is 0 Å². The van der Waals surface area contributed by atoms with Gasteiger partial charge in [-0.1, -0.05) is 0 Å². The Morgan fingerprint density at radius 1 is 1.09 bits per heavy atom. The molecule has 0 unspecified atom stereocenters. The molecule has 2 heteroatoms. The number of fused-ring (bicyclic) bond motifs is 1. The quantitative estimate of drug-likeness (QED) is 0.567. The van der Waals surface area contributed by atoms with E-state index in [1.807, 2.05) is 0 Å². The summed E-state index contributed by atoms with van der Waals surface area (Å²) in [5.41, 5.74) is 3.87. The van der Waals surface area contributed by atoms with Crippen LogP contribution in [0.15, 0.2) is 66.1 Å². The van der Waals surface area contributed by atoms with Crippen LogP contribution in [0.3, 0.4) is 0 Å². The van der Waals surface area contributed by atoms with E-state index in [0.717, 1.165) is 5.70 Å². The van der Waals surface area contributed by atoms with Crippen LogP contribution in [0.2, 0.25) is 0 Å². The van der Waals surface area contributed by atoms with E-state index in [-0.39, 0.29) is 5.54 Å². The molecule has 1 saturated carbocycles. The van der Waals surface area contributed by atoms with E-state index >= 15 is 0 Å². The second kappa shape index (κ2) is 5.80. The van der Waals surface area contributed by atoms with Crippen LogP contribution >= 0.6 is 7.26 Å². The van der Waals surface area contributed by atoms with Crippen molar-refractivity contribution in [3.05, 3.63) is 71.7 Å². The molecule has 1 nitrogen and oxygen atoms in total. The van der Waals surface area contributed by atoms with Crippen LogP contribution in [0.4, 0.5) is 0 Å². The molecule has 0 heterocycles. The molecule has 1 N–H and O–H groups in total. The number of rotatable bonds is 5. The van der Waals surface area contributed by atoms with Crippen LogP contribution in [0.25, 0.3) is 10.8 Å². The number of hydrogen-bond acceptors (Lipinski definition) is 1. The van der Waals surface area contributed by atoms with E-state index in [1.54, 1.807) is 0 Å². The summed E-state index contributed by atoms with van der Waals surface area (Å²) in [4.78, 5) is 0. The monoisotopic (exact) mass is 325 g/mol. The van der Waals surface area contributed by atoms with Gasteiger partial charge in [-0.05, 0) is 0 Å². The number of hydrogen-bond donors (Lipinski definition) is 1. The summed E-state index contributed by atoms with van der Waals surface area (Å²) in [6, 6.07) is 15.3. The van der Waals surface area contributed by atoms with Crippen LogP contribution in [0, 0.1) is 0 Å². The average molecular weight is 325 g/mol. The summed E-state index contributed by atoms with van der Waals surface area (Å²) in [5, 5.41) is 6.44. The molecule has 0 atom stereocenters. The molecule has 0 aromatic heterocycles. The van der Waals surface area contributed by atoms with Crippen molar-refractivity contribution in [3.8, 4) is 0 Å². The molecule has 3 rings (SSSR count). The van der Waals surface area contributed by atoms with Crippen molar-refractivity contribution < 1.29 is 0 Å². The first-order chi connectivity index (χ1) is 10.8. The van der Waals surface area contributed by atoms with Crippen molar-refractivity contribution in [3.63, 3.8) is 0 Å². The Hall–Kier alpha value is -1.59. The predicted octanol–water partition coefficient (Wildman–Crippen LogP) is 5.48. The maximum absolute atomic E-state index is 4.31. The van der Waals surface area contributed by atoms with E-state index in [0.29, 0.717) is 0 Å². The molecule has 1 aliphatic rings. The summed E-state index contributed by atoms with van der Waals surface area (Å²) in [6.45, 7) is 13.6. The summed E-state index contributed by atoms with van der Waals surface area (Å²) < 4.78 is 0. The molecule has 0 aliphatic heterocycles. The van der Waals surface area contributed by atoms with E-state index in [4.69, 9.17) is 0 Å². The third-order valence-electron chi connectivity index (χ3n) is 4.57. The fourth-order valence-electron chi connectivity index (χ4n) is 3.35. The minimum atomic E-state index is -1.22. The van der Waals surface area contributed by atoms with E-state index in [1.165, 1.54) is 34.8 Å². The van der Waals surface area contributed by atoms with Crippen LogP contribution < -0.4 is 5.32 Å². The van der Waals surface area contributed by atoms with Crippen LogP contribution in [-0.4, -0.2) is 20.0 Å². The zero-order valence-corrected chi connectivity index (χ0v) is 15.7. The van der Waals surface area contributed by atoms with Gasteiger partial charge in [0.2, 0.25) is 0 Å². The van der Waals surface area contributed by atoms with Gasteiger partial charge in [-0.15, -0.1) is 0 Å². The third-order valence-corrected chi connectivity index (χ3v) is 5.87. The Kier molecular flexibility index (Phi) is 4.10. The fraction of sp³-hybridized carbons (Fsp3) is 0.333. The molecule has 0 saturated heterocycles. The molecule has 23 heavy (non-hydrogen) atoms. The summed E-state index contributed by atoms with van der Waals surface area (Å²) in [6.07, 6.45) is 2.36. The van der Waals surface area contributed by atoms with Gasteiger partial charge in [-0.2, -0.15) is 0 Å². The minimum absolute atomic E-state index is 0.0759. The van der Waals surface area contributed by atoms with E-state index in [2.05, 4.69) is 87.1 Å². The van der Waals surface area contributed by atoms with Gasteiger partial charge in [0.15, 0.2) is 0 Å². The van der Waals surface area contributed by atoms with Gasteiger partial charge < -0.3 is 0 Å². The Morgan fingerprint density at radius 2 is 1.74 bits per heavy atom. The Labute approximate surface area is 140 Å². The maximum atomic E-state index is 4.31. The van der Waals surface area contributed by atoms with Crippen molar-refractivity contribution in [1.82, 2.24) is 5.32 Å². The molecular weight excluding hydrogens is 297 g/mol. The van der Waals surface area contributed by atoms with Crippen molar-refractivity contribution in [2.75, 3.05) is 20.0 Å². The Balaban J connectivity index is 1.91. The SMILES string of the molecule is C=C(NC1(c2cccc3ccccc23)CC1)/C(C)=C/[PH](C)(C)C. The molecule has 2 aromatic rings. The summed E-state index contributed by atoms with van der Waals surface area (Å²) in [5.74, 6) is 2.43. The molecule has 1 aliphatic carbocycles. The van der Waals surface area contributed by atoms with Gasteiger partial charge in [-0.25, -0.2) is 0 Å². The third kappa shape index (κ3) is 3.51. The molecule has 122 valence electrons. The summed E-state index contributed by atoms with van der Waals surface area (Å²) >= 11 is 0. The Bertz CT molecular complexity index is 771. The van der Waals surface area contributed by atoms with E-state index < -0.39 is 7.26 Å². The fourth-order valence-corrected chi connectivity index (χ4v) is 4.83. The predicted molar refractivity (Wildman–Crippen MR) is 107 cm³/mol. The molecule has 0 amide bonds. The standard InChI is InChI=1S/C21H28NP/c1-16(15-23(3,4)5)17(2)22-21(13-14-21)20-12-8-10-18-9-6-7-11-19(18)20/h6-12,15,22-23H,2,13-14H2,1,3-5H3/b16-15+. The average Bonchev–Trinajstić information content (AvgIpc) is 3.25. The number of allylic oxidation sites excluding steroid dienone is 1. The topological polar surface area (TPSA) is 12.0 Å². The normalized spacial score (nSPS) is 17.8. The van der Waals surface area contributed by atoms with Crippen LogP contribution in [0.1, 0.15) is 25.3 Å². The molecule has 1 fully saturated rings. The van der Waals surface area contributed by atoms with Gasteiger partial charge in [-0.3, -0.25) is 0 Å². The second-order valence-electron chi connectivity index (χ2n) is 7.91. The first kappa shape index (κ1) is 16.3. The molecular formula is C21H28NP. The van der Waals surface area contributed by atoms with Crippen molar-refractivity contribution >= 4 is 18.0 Å². The summed E-state index contributed by atoms with van der Waals surface area (Å²) in [7, 11) is -1.22. The molecule has 2 aromatic carbocycles. The zero-order valence-electron chi connectivity index (χ0n) is 14.7. The van der Waals surface area contributed by atoms with Crippen molar-refractivity contribution in [1.29, 1.82) is 0 Å². The van der Waals surface area contributed by atoms with Gasteiger partial charge in [0, 0.05) is 0 Å². The van der Waals surface area contributed by atoms with Crippen LogP contribution in [-0.2, 0) is 5.54 Å². The second-order valence-corrected chi connectivity index (χ2v) is 12.9. The van der Waals surface area contributed by atoms with Gasteiger partial charge in [0.1, 0.15) is 0 Å². The van der Waals surface area contributed by atoms with Crippen molar-refractivity contribution in [2.24, 2.45) is 0 Å². The number of nitrogens with one attached hydrogen (secondary N) is 1. The van der Waals surface area contributed by atoms with E-state index in [9.17, 15) is 0 Å². The van der Waals surface area contributed by atoms with Crippen LogP contribution in [0.5, 0.6) is 0 Å². The van der Waals surface area contributed by atoms with Gasteiger partial charge in [0.25, 0.3) is 0 Å². The number of benzene rings is 2.